The van der Waals surface area contributed by atoms with E-state index in [2.05, 4.69) is 26.7 Å². The molecule has 6 nitrogen and oxygen atoms in total. The van der Waals surface area contributed by atoms with Gasteiger partial charge in [0, 0.05) is 67.4 Å². The van der Waals surface area contributed by atoms with E-state index in [1.807, 2.05) is 37.1 Å². The van der Waals surface area contributed by atoms with Gasteiger partial charge in [-0.2, -0.15) is 13.2 Å². The maximum atomic E-state index is 14.0. The van der Waals surface area contributed by atoms with Crippen LogP contribution in [0.25, 0.3) is 10.9 Å². The summed E-state index contributed by atoms with van der Waals surface area (Å²) in [5, 5.41) is 0.827. The van der Waals surface area contributed by atoms with Gasteiger partial charge in [-0.3, -0.25) is 14.5 Å². The second kappa shape index (κ2) is 13.1. The Morgan fingerprint density at radius 1 is 0.932 bits per heavy atom. The number of ketones is 2. The lowest BCUT2D eigenvalue weighted by Gasteiger charge is -2.33. The highest BCUT2D eigenvalue weighted by Gasteiger charge is 2.34. The predicted molar refractivity (Wildman–Crippen MR) is 163 cm³/mol. The zero-order chi connectivity index (χ0) is 31.4. The van der Waals surface area contributed by atoms with Gasteiger partial charge in [0.05, 0.1) is 17.5 Å². The summed E-state index contributed by atoms with van der Waals surface area (Å²) >= 11 is 0. The summed E-state index contributed by atoms with van der Waals surface area (Å²) < 4.78 is 42.1. The van der Waals surface area contributed by atoms with Gasteiger partial charge >= 0.3 is 6.18 Å². The lowest BCUT2D eigenvalue weighted by atomic mass is 9.96. The summed E-state index contributed by atoms with van der Waals surface area (Å²) in [6, 6.07) is 14.9. The summed E-state index contributed by atoms with van der Waals surface area (Å²) in [6.07, 6.45) is -2.84. The molecule has 1 aliphatic rings. The van der Waals surface area contributed by atoms with Crippen molar-refractivity contribution >= 4 is 22.5 Å². The number of benzene rings is 3. The molecule has 1 aliphatic heterocycles. The number of aryl methyl sites for hydroxylation is 1. The molecule has 1 fully saturated rings. The highest BCUT2D eigenvalue weighted by atomic mass is 19.4. The average molecular weight is 599 g/mol. The second-order valence-electron chi connectivity index (χ2n) is 11.4. The molecule has 2 heterocycles. The Bertz CT molecular complexity index is 1780. The molecule has 0 N–H and O–H groups in total. The molecule has 0 amide bonds. The van der Waals surface area contributed by atoms with E-state index >= 15 is 0 Å². The van der Waals surface area contributed by atoms with E-state index in [-0.39, 0.29) is 36.5 Å². The standard InChI is InChI=1S/C35H33F3N4O2/c1-23-4-8-28(20-27(23)9-5-25-6-10-29-21-39-34(16-24(2)43)40-32(29)18-25)33(44)19-26-7-11-30(31(17-26)35(36,37)38)22-42-14-12-41(3)13-15-42/h4,6-8,10-11,17-18,20-21H,12-16,19,22H2,1-3H3. The maximum Gasteiger partial charge on any atom is 0.416 e. The Kier molecular flexibility index (Phi) is 9.23. The fourth-order valence-electron chi connectivity index (χ4n) is 5.19. The lowest BCUT2D eigenvalue weighted by molar-refractivity contribution is -0.138. The normalized spacial score (nSPS) is 14.3. The maximum absolute atomic E-state index is 14.0. The molecule has 4 aromatic rings. The van der Waals surface area contributed by atoms with Gasteiger partial charge in [-0.1, -0.05) is 42.2 Å². The topological polar surface area (TPSA) is 66.4 Å². The zero-order valence-electron chi connectivity index (χ0n) is 25.0. The van der Waals surface area contributed by atoms with Gasteiger partial charge in [0.25, 0.3) is 0 Å². The Labute approximate surface area is 254 Å². The Morgan fingerprint density at radius 2 is 1.70 bits per heavy atom. The van der Waals surface area contributed by atoms with Crippen molar-refractivity contribution < 1.29 is 22.8 Å². The van der Waals surface area contributed by atoms with Crippen molar-refractivity contribution in [3.05, 3.63) is 106 Å². The number of carbonyl (C=O) groups excluding carboxylic acids is 2. The average Bonchev–Trinajstić information content (AvgIpc) is 2.97. The molecule has 3 aromatic carbocycles. The van der Waals surface area contributed by atoms with Gasteiger partial charge in [0.2, 0.25) is 0 Å². The largest absolute Gasteiger partial charge is 0.416 e. The van der Waals surface area contributed by atoms with Gasteiger partial charge in [0.15, 0.2) is 5.78 Å². The number of likely N-dealkylation sites (N-methyl/N-ethyl adjacent to an activating group) is 1. The number of carbonyl (C=O) groups is 2. The molecule has 1 aromatic heterocycles. The molecule has 9 heteroatoms. The first-order valence-electron chi connectivity index (χ1n) is 14.5. The quantitative estimate of drug-likeness (QED) is 0.202. The number of fused-ring (bicyclic) bond motifs is 1. The van der Waals surface area contributed by atoms with Crippen molar-refractivity contribution in [2.75, 3.05) is 33.2 Å². The van der Waals surface area contributed by atoms with Gasteiger partial charge in [-0.05, 0) is 61.9 Å². The number of rotatable bonds is 7. The van der Waals surface area contributed by atoms with E-state index in [9.17, 15) is 22.8 Å². The van der Waals surface area contributed by atoms with Crippen molar-refractivity contribution in [3.8, 4) is 11.8 Å². The van der Waals surface area contributed by atoms with Crippen LogP contribution in [0.1, 0.15) is 56.5 Å². The fourth-order valence-corrected chi connectivity index (χ4v) is 5.19. The van der Waals surface area contributed by atoms with E-state index in [1.165, 1.54) is 13.0 Å². The molecule has 0 bridgehead atoms. The molecule has 226 valence electrons. The van der Waals surface area contributed by atoms with Crippen LogP contribution in [-0.4, -0.2) is 64.6 Å². The first-order valence-corrected chi connectivity index (χ1v) is 14.5. The van der Waals surface area contributed by atoms with Crippen molar-refractivity contribution in [2.24, 2.45) is 0 Å². The van der Waals surface area contributed by atoms with Crippen molar-refractivity contribution in [3.63, 3.8) is 0 Å². The lowest BCUT2D eigenvalue weighted by Crippen LogP contribution is -2.44. The van der Waals surface area contributed by atoms with E-state index in [0.29, 0.717) is 46.7 Å². The molecular formula is C35H33F3N4O2. The minimum absolute atomic E-state index is 0.0239. The Hall–Kier alpha value is -4.39. The molecule has 0 aliphatic carbocycles. The van der Waals surface area contributed by atoms with Crippen LogP contribution >= 0.6 is 0 Å². The van der Waals surface area contributed by atoms with Crippen LogP contribution in [0.3, 0.4) is 0 Å². The van der Waals surface area contributed by atoms with Gasteiger partial charge in [0.1, 0.15) is 11.6 Å². The molecule has 0 spiro atoms. The second-order valence-corrected chi connectivity index (χ2v) is 11.4. The highest BCUT2D eigenvalue weighted by Crippen LogP contribution is 2.34. The SMILES string of the molecule is CC(=O)Cc1ncc2ccc(C#Cc3cc(C(=O)Cc4ccc(CN5CCN(C)CC5)c(C(F)(F)F)c4)ccc3C)cc2n1. The summed E-state index contributed by atoms with van der Waals surface area (Å²) in [5.74, 6) is 6.38. The minimum atomic E-state index is -4.52. The third-order valence-electron chi connectivity index (χ3n) is 7.77. The highest BCUT2D eigenvalue weighted by molar-refractivity contribution is 5.98. The Balaban J connectivity index is 1.34. The zero-order valence-corrected chi connectivity index (χ0v) is 25.0. The monoisotopic (exact) mass is 598 g/mol. The van der Waals surface area contributed by atoms with E-state index in [4.69, 9.17) is 0 Å². The number of piperazine rings is 1. The smallest absolute Gasteiger partial charge is 0.304 e. The van der Waals surface area contributed by atoms with Crippen LogP contribution in [0.5, 0.6) is 0 Å². The van der Waals surface area contributed by atoms with Gasteiger partial charge < -0.3 is 4.90 Å². The third-order valence-corrected chi connectivity index (χ3v) is 7.77. The van der Waals surface area contributed by atoms with Gasteiger partial charge in [-0.15, -0.1) is 0 Å². The van der Waals surface area contributed by atoms with Crippen LogP contribution in [0.2, 0.25) is 0 Å². The number of halogens is 3. The van der Waals surface area contributed by atoms with Crippen LogP contribution in [-0.2, 0) is 30.4 Å². The molecule has 1 saturated heterocycles. The summed E-state index contributed by atoms with van der Waals surface area (Å²) in [5.41, 5.74) is 3.14. The first-order chi connectivity index (χ1) is 20.9. The summed E-state index contributed by atoms with van der Waals surface area (Å²) in [4.78, 5) is 37.6. The number of nitrogens with zero attached hydrogens (tertiary/aromatic N) is 4. The molecular weight excluding hydrogens is 565 g/mol. The number of hydrogen-bond donors (Lipinski definition) is 0. The van der Waals surface area contributed by atoms with Gasteiger partial charge in [-0.25, -0.2) is 9.97 Å². The molecule has 0 atom stereocenters. The summed E-state index contributed by atoms with van der Waals surface area (Å²) in [7, 11) is 2.00. The van der Waals surface area contributed by atoms with Crippen molar-refractivity contribution in [1.82, 2.24) is 19.8 Å². The number of alkyl halides is 3. The molecule has 5 rings (SSSR count). The minimum Gasteiger partial charge on any atom is -0.304 e. The molecule has 0 unspecified atom stereocenters. The van der Waals surface area contributed by atoms with E-state index in [0.717, 1.165) is 30.1 Å². The molecule has 0 radical (unpaired) electrons. The first kappa shape index (κ1) is 31.0. The van der Waals surface area contributed by atoms with Crippen LogP contribution in [0.4, 0.5) is 13.2 Å². The van der Waals surface area contributed by atoms with Crippen LogP contribution in [0, 0.1) is 18.8 Å². The van der Waals surface area contributed by atoms with E-state index < -0.39 is 11.7 Å². The number of Topliss-reactive ketones (excluding diaryl/α,β-unsaturated/α-hetero) is 2. The van der Waals surface area contributed by atoms with Crippen molar-refractivity contribution in [2.45, 2.75) is 39.4 Å². The number of hydrogen-bond acceptors (Lipinski definition) is 6. The third kappa shape index (κ3) is 7.76. The predicted octanol–water partition coefficient (Wildman–Crippen LogP) is 5.66. The number of aromatic nitrogens is 2. The molecule has 0 saturated carbocycles. The Morgan fingerprint density at radius 3 is 2.43 bits per heavy atom. The summed E-state index contributed by atoms with van der Waals surface area (Å²) in [6.45, 7) is 6.65. The van der Waals surface area contributed by atoms with Crippen LogP contribution < -0.4 is 0 Å². The fraction of sp³-hybridized carbons (Fsp3) is 0.314. The van der Waals surface area contributed by atoms with Crippen molar-refractivity contribution in [1.29, 1.82) is 0 Å². The molecule has 44 heavy (non-hydrogen) atoms. The van der Waals surface area contributed by atoms with Crippen LogP contribution in [0.15, 0.2) is 60.8 Å². The van der Waals surface area contributed by atoms with E-state index in [1.54, 1.807) is 30.5 Å².